The van der Waals surface area contributed by atoms with E-state index in [9.17, 15) is 4.79 Å². The summed E-state index contributed by atoms with van der Waals surface area (Å²) in [7, 11) is 1.63. The molecule has 0 bridgehead atoms. The van der Waals surface area contributed by atoms with E-state index in [0.29, 0.717) is 24.7 Å². The molecule has 0 aliphatic carbocycles. The zero-order valence-electron chi connectivity index (χ0n) is 10.5. The summed E-state index contributed by atoms with van der Waals surface area (Å²) in [5.41, 5.74) is 1.33. The first-order valence-electron chi connectivity index (χ1n) is 5.64. The van der Waals surface area contributed by atoms with E-state index in [4.69, 9.17) is 14.6 Å². The van der Waals surface area contributed by atoms with Crippen LogP contribution in [0.25, 0.3) is 6.08 Å². The van der Waals surface area contributed by atoms with Gasteiger partial charge in [0.2, 0.25) is 0 Å². The third-order valence-electron chi connectivity index (χ3n) is 2.16. The highest BCUT2D eigenvalue weighted by molar-refractivity contribution is 5.85. The monoisotopic (exact) mass is 251 g/mol. The van der Waals surface area contributed by atoms with Crippen molar-refractivity contribution >= 4 is 12.0 Å². The van der Waals surface area contributed by atoms with E-state index in [2.05, 4.69) is 4.98 Å². The molecule has 1 rings (SSSR count). The molecule has 98 valence electrons. The second-order valence-corrected chi connectivity index (χ2v) is 3.70. The number of aryl methyl sites for hydroxylation is 1. The normalized spacial score (nSPS) is 10.8. The Labute approximate surface area is 106 Å². The van der Waals surface area contributed by atoms with E-state index >= 15 is 0 Å². The Balaban J connectivity index is 2.73. The molecule has 18 heavy (non-hydrogen) atoms. The van der Waals surface area contributed by atoms with Crippen LogP contribution < -0.4 is 4.74 Å². The number of pyridine rings is 1. The molecule has 1 aromatic rings. The van der Waals surface area contributed by atoms with Gasteiger partial charge >= 0.3 is 5.97 Å². The molecule has 5 nitrogen and oxygen atoms in total. The molecule has 0 unspecified atom stereocenters. The van der Waals surface area contributed by atoms with Gasteiger partial charge in [0.15, 0.2) is 0 Å². The molecule has 0 fully saturated rings. The van der Waals surface area contributed by atoms with Crippen molar-refractivity contribution in [2.24, 2.45) is 0 Å². The van der Waals surface area contributed by atoms with Gasteiger partial charge in [-0.15, -0.1) is 0 Å². The highest BCUT2D eigenvalue weighted by Crippen LogP contribution is 2.18. The lowest BCUT2D eigenvalue weighted by Gasteiger charge is -2.08. The van der Waals surface area contributed by atoms with Crippen LogP contribution in [-0.2, 0) is 9.53 Å². The fourth-order valence-corrected chi connectivity index (χ4v) is 1.34. The van der Waals surface area contributed by atoms with Gasteiger partial charge in [0.05, 0.1) is 6.61 Å². The number of carbonyl (C=O) groups is 1. The number of rotatable bonds is 7. The molecule has 0 atom stereocenters. The van der Waals surface area contributed by atoms with Crippen molar-refractivity contribution in [3.8, 4) is 5.75 Å². The fourth-order valence-electron chi connectivity index (χ4n) is 1.34. The number of carboxylic acid groups (broad SMARTS) is 1. The molecular formula is C13H17NO4. The van der Waals surface area contributed by atoms with Crippen molar-refractivity contribution in [3.05, 3.63) is 29.6 Å². The highest BCUT2D eigenvalue weighted by atomic mass is 16.5. The van der Waals surface area contributed by atoms with Crippen molar-refractivity contribution < 1.29 is 19.4 Å². The second-order valence-electron chi connectivity index (χ2n) is 3.70. The Morgan fingerprint density at radius 1 is 1.44 bits per heavy atom. The molecule has 0 saturated heterocycles. The van der Waals surface area contributed by atoms with Crippen LogP contribution in [0.4, 0.5) is 0 Å². The van der Waals surface area contributed by atoms with Crippen LogP contribution in [-0.4, -0.2) is 36.4 Å². The molecule has 0 aromatic carbocycles. The number of carboxylic acids is 1. The summed E-state index contributed by atoms with van der Waals surface area (Å²) in [4.78, 5) is 14.7. The van der Waals surface area contributed by atoms with Gasteiger partial charge in [0, 0.05) is 31.9 Å². The smallest absolute Gasteiger partial charge is 0.328 e. The Morgan fingerprint density at radius 2 is 2.22 bits per heavy atom. The first kappa shape index (κ1) is 14.2. The van der Waals surface area contributed by atoms with Gasteiger partial charge in [-0.25, -0.2) is 9.78 Å². The van der Waals surface area contributed by atoms with Gasteiger partial charge in [0.25, 0.3) is 0 Å². The summed E-state index contributed by atoms with van der Waals surface area (Å²) >= 11 is 0. The minimum Gasteiger partial charge on any atom is -0.491 e. The number of ether oxygens (including phenoxy) is 2. The Morgan fingerprint density at radius 3 is 2.89 bits per heavy atom. The molecule has 0 amide bonds. The number of nitrogens with zero attached hydrogens (tertiary/aromatic N) is 1. The molecule has 0 aliphatic rings. The first-order valence-corrected chi connectivity index (χ1v) is 5.64. The number of methoxy groups -OCH3 is 1. The SMILES string of the molecule is COCCCOc1ccc(C)nc1C=CC(=O)O. The Hall–Kier alpha value is -1.88. The van der Waals surface area contributed by atoms with Crippen LogP contribution >= 0.6 is 0 Å². The van der Waals surface area contributed by atoms with Crippen LogP contribution in [0.1, 0.15) is 17.8 Å². The number of aromatic nitrogens is 1. The minimum atomic E-state index is -1.01. The average molecular weight is 251 g/mol. The van der Waals surface area contributed by atoms with Gasteiger partial charge in [0.1, 0.15) is 11.4 Å². The largest absolute Gasteiger partial charge is 0.491 e. The van der Waals surface area contributed by atoms with E-state index in [1.807, 2.05) is 13.0 Å². The number of hydrogen-bond acceptors (Lipinski definition) is 4. The van der Waals surface area contributed by atoms with Crippen LogP contribution in [0.15, 0.2) is 18.2 Å². The van der Waals surface area contributed by atoms with E-state index in [0.717, 1.165) is 18.2 Å². The summed E-state index contributed by atoms with van der Waals surface area (Å²) in [6.07, 6.45) is 3.25. The Kier molecular flexibility index (Phi) is 5.87. The third-order valence-corrected chi connectivity index (χ3v) is 2.16. The lowest BCUT2D eigenvalue weighted by molar-refractivity contribution is -0.131. The fraction of sp³-hybridized carbons (Fsp3) is 0.385. The van der Waals surface area contributed by atoms with Crippen LogP contribution in [0.3, 0.4) is 0 Å². The summed E-state index contributed by atoms with van der Waals surface area (Å²) in [6, 6.07) is 3.61. The van der Waals surface area contributed by atoms with Gasteiger partial charge in [-0.2, -0.15) is 0 Å². The summed E-state index contributed by atoms with van der Waals surface area (Å²) in [6.45, 7) is 2.97. The van der Waals surface area contributed by atoms with Crippen molar-refractivity contribution in [3.63, 3.8) is 0 Å². The van der Waals surface area contributed by atoms with E-state index in [-0.39, 0.29) is 0 Å². The minimum absolute atomic E-state index is 0.506. The molecule has 0 saturated carbocycles. The van der Waals surface area contributed by atoms with Gasteiger partial charge in [-0.3, -0.25) is 0 Å². The topological polar surface area (TPSA) is 68.7 Å². The van der Waals surface area contributed by atoms with E-state index in [1.54, 1.807) is 13.2 Å². The molecule has 1 N–H and O–H groups in total. The van der Waals surface area contributed by atoms with Gasteiger partial charge in [-0.1, -0.05) is 0 Å². The predicted octanol–water partition coefficient (Wildman–Crippen LogP) is 1.90. The van der Waals surface area contributed by atoms with Gasteiger partial charge < -0.3 is 14.6 Å². The first-order chi connectivity index (χ1) is 8.63. The average Bonchev–Trinajstić information content (AvgIpc) is 2.34. The molecular weight excluding hydrogens is 234 g/mol. The second kappa shape index (κ2) is 7.45. The lowest BCUT2D eigenvalue weighted by Crippen LogP contribution is -2.03. The third kappa shape index (κ3) is 4.97. The van der Waals surface area contributed by atoms with Crippen molar-refractivity contribution in [1.29, 1.82) is 0 Å². The molecule has 0 radical (unpaired) electrons. The molecule has 1 heterocycles. The van der Waals surface area contributed by atoms with Crippen molar-refractivity contribution in [2.45, 2.75) is 13.3 Å². The molecule has 1 aromatic heterocycles. The zero-order chi connectivity index (χ0) is 13.4. The summed E-state index contributed by atoms with van der Waals surface area (Å²) in [5.74, 6) is -0.433. The van der Waals surface area contributed by atoms with Crippen LogP contribution in [0.5, 0.6) is 5.75 Å². The van der Waals surface area contributed by atoms with E-state index < -0.39 is 5.97 Å². The number of aliphatic carboxylic acids is 1. The highest BCUT2D eigenvalue weighted by Gasteiger charge is 2.03. The molecule has 0 aliphatic heterocycles. The quantitative estimate of drug-likeness (QED) is 0.592. The van der Waals surface area contributed by atoms with Crippen LogP contribution in [0.2, 0.25) is 0 Å². The van der Waals surface area contributed by atoms with Crippen molar-refractivity contribution in [2.75, 3.05) is 20.3 Å². The molecule has 5 heteroatoms. The Bertz CT molecular complexity index is 429. The summed E-state index contributed by atoms with van der Waals surface area (Å²) < 4.78 is 10.5. The maximum atomic E-state index is 10.5. The number of hydrogen-bond donors (Lipinski definition) is 1. The standard InChI is InChI=1S/C13H17NO4/c1-10-4-6-12(18-9-3-8-17-2)11(14-10)5-7-13(15)16/h4-7H,3,8-9H2,1-2H3,(H,15,16). The predicted molar refractivity (Wildman–Crippen MR) is 67.6 cm³/mol. The summed E-state index contributed by atoms with van der Waals surface area (Å²) in [5, 5.41) is 8.61. The van der Waals surface area contributed by atoms with Gasteiger partial charge in [-0.05, 0) is 25.1 Å². The maximum absolute atomic E-state index is 10.5. The van der Waals surface area contributed by atoms with Crippen LogP contribution in [0, 0.1) is 6.92 Å². The van der Waals surface area contributed by atoms with E-state index in [1.165, 1.54) is 6.08 Å². The molecule has 0 spiro atoms. The zero-order valence-corrected chi connectivity index (χ0v) is 10.5. The maximum Gasteiger partial charge on any atom is 0.328 e. The lowest BCUT2D eigenvalue weighted by atomic mass is 10.2. The van der Waals surface area contributed by atoms with Crippen molar-refractivity contribution in [1.82, 2.24) is 4.98 Å².